The average Bonchev–Trinajstić information content (AvgIpc) is 3.39. The Kier molecular flexibility index (Phi) is 4.98. The van der Waals surface area contributed by atoms with Crippen molar-refractivity contribution in [2.24, 2.45) is 0 Å². The number of hydrogen-bond acceptors (Lipinski definition) is 3. The van der Waals surface area contributed by atoms with Gasteiger partial charge in [-0.1, -0.05) is 49.1 Å². The number of benzene rings is 2. The van der Waals surface area contributed by atoms with E-state index < -0.39 is 12.1 Å². The van der Waals surface area contributed by atoms with Crippen LogP contribution in [-0.4, -0.2) is 34.3 Å². The standard InChI is InChI=1S/C23H22N2O3/c1-2-16-10-11-20-18(13-16)19(14-24-20)22(26)21-9-6-12-25(21)23(27)28-15-17-7-4-3-5-8-17/h2-5,7-8,10-11,13-14,21,24H,1,6,9,12,15H2/t21-/m1/s1. The van der Waals surface area contributed by atoms with E-state index in [2.05, 4.69) is 11.6 Å². The molecule has 142 valence electrons. The van der Waals surface area contributed by atoms with Crippen LogP contribution in [0.3, 0.4) is 0 Å². The number of Topliss-reactive ketones (excluding diaryl/α,β-unsaturated/α-hetero) is 1. The van der Waals surface area contributed by atoms with E-state index in [4.69, 9.17) is 4.74 Å². The summed E-state index contributed by atoms with van der Waals surface area (Å²) < 4.78 is 5.45. The van der Waals surface area contributed by atoms with E-state index >= 15 is 0 Å². The summed E-state index contributed by atoms with van der Waals surface area (Å²) in [6.45, 7) is 4.52. The lowest BCUT2D eigenvalue weighted by Gasteiger charge is -2.23. The fourth-order valence-corrected chi connectivity index (χ4v) is 3.71. The highest BCUT2D eigenvalue weighted by atomic mass is 16.6. The van der Waals surface area contributed by atoms with Crippen molar-refractivity contribution in [1.82, 2.24) is 9.88 Å². The summed E-state index contributed by atoms with van der Waals surface area (Å²) in [7, 11) is 0. The molecule has 1 N–H and O–H groups in total. The summed E-state index contributed by atoms with van der Waals surface area (Å²) in [5.74, 6) is -0.0541. The van der Waals surface area contributed by atoms with Crippen LogP contribution in [0.25, 0.3) is 17.0 Å². The molecule has 4 rings (SSSR count). The van der Waals surface area contributed by atoms with Crippen LogP contribution in [0.1, 0.15) is 34.3 Å². The van der Waals surface area contributed by atoms with Gasteiger partial charge in [-0.05, 0) is 36.1 Å². The SMILES string of the molecule is C=Cc1ccc2[nH]cc(C(=O)[C@H]3CCCN3C(=O)OCc3ccccc3)c2c1. The van der Waals surface area contributed by atoms with Crippen molar-refractivity contribution in [3.63, 3.8) is 0 Å². The molecule has 1 aromatic heterocycles. The minimum absolute atomic E-state index is 0.0541. The molecule has 0 bridgehead atoms. The van der Waals surface area contributed by atoms with Gasteiger partial charge >= 0.3 is 6.09 Å². The number of carbonyl (C=O) groups is 2. The largest absolute Gasteiger partial charge is 0.445 e. The molecule has 1 aliphatic heterocycles. The first-order chi connectivity index (χ1) is 13.7. The number of likely N-dealkylation sites (tertiary alicyclic amines) is 1. The molecule has 3 aromatic rings. The lowest BCUT2D eigenvalue weighted by molar-refractivity contribution is 0.0739. The van der Waals surface area contributed by atoms with Gasteiger partial charge in [-0.25, -0.2) is 4.79 Å². The number of aromatic amines is 1. The Morgan fingerprint density at radius 1 is 1.21 bits per heavy atom. The summed E-state index contributed by atoms with van der Waals surface area (Å²) in [5, 5.41) is 0.854. The second kappa shape index (κ2) is 7.72. The third-order valence-electron chi connectivity index (χ3n) is 5.20. The zero-order valence-electron chi connectivity index (χ0n) is 15.6. The van der Waals surface area contributed by atoms with E-state index in [1.165, 1.54) is 0 Å². The molecule has 1 amide bonds. The van der Waals surface area contributed by atoms with Crippen LogP contribution in [0.15, 0.2) is 61.3 Å². The fourth-order valence-electron chi connectivity index (χ4n) is 3.71. The zero-order chi connectivity index (χ0) is 19.5. The topological polar surface area (TPSA) is 62.4 Å². The number of H-pyrrole nitrogens is 1. The van der Waals surface area contributed by atoms with Gasteiger partial charge in [-0.3, -0.25) is 9.69 Å². The number of fused-ring (bicyclic) bond motifs is 1. The van der Waals surface area contributed by atoms with Gasteiger partial charge in [0.05, 0.1) is 6.04 Å². The molecule has 5 nitrogen and oxygen atoms in total. The van der Waals surface area contributed by atoms with Gasteiger partial charge in [-0.2, -0.15) is 0 Å². The molecular weight excluding hydrogens is 352 g/mol. The third kappa shape index (κ3) is 3.43. The molecule has 1 fully saturated rings. The number of amides is 1. The van der Waals surface area contributed by atoms with E-state index in [1.807, 2.05) is 48.5 Å². The van der Waals surface area contributed by atoms with Gasteiger partial charge in [0, 0.05) is 29.2 Å². The van der Waals surface area contributed by atoms with Gasteiger partial charge in [0.1, 0.15) is 6.61 Å². The number of aromatic nitrogens is 1. The maximum absolute atomic E-state index is 13.2. The van der Waals surface area contributed by atoms with E-state index in [1.54, 1.807) is 17.2 Å². The summed E-state index contributed by atoms with van der Waals surface area (Å²) in [6, 6.07) is 14.9. The van der Waals surface area contributed by atoms with Crippen LogP contribution in [0.4, 0.5) is 4.79 Å². The number of hydrogen-bond donors (Lipinski definition) is 1. The highest BCUT2D eigenvalue weighted by molar-refractivity contribution is 6.11. The van der Waals surface area contributed by atoms with E-state index in [0.29, 0.717) is 18.5 Å². The third-order valence-corrected chi connectivity index (χ3v) is 5.20. The summed E-state index contributed by atoms with van der Waals surface area (Å²) in [5.41, 5.74) is 3.37. The second-order valence-electron chi connectivity index (χ2n) is 6.97. The molecule has 1 aliphatic rings. The van der Waals surface area contributed by atoms with Gasteiger partial charge in [0.2, 0.25) is 0 Å². The molecule has 5 heteroatoms. The Morgan fingerprint density at radius 2 is 2.04 bits per heavy atom. The molecular formula is C23H22N2O3. The Hall–Kier alpha value is -3.34. The first kappa shape index (κ1) is 18.0. The first-order valence-electron chi connectivity index (χ1n) is 9.42. The maximum atomic E-state index is 13.2. The summed E-state index contributed by atoms with van der Waals surface area (Å²) >= 11 is 0. The Labute approximate surface area is 163 Å². The lowest BCUT2D eigenvalue weighted by Crippen LogP contribution is -2.40. The highest BCUT2D eigenvalue weighted by Gasteiger charge is 2.36. The molecule has 2 heterocycles. The minimum atomic E-state index is -0.491. The Balaban J connectivity index is 1.52. The molecule has 0 aliphatic carbocycles. The molecule has 0 spiro atoms. The summed E-state index contributed by atoms with van der Waals surface area (Å²) in [6.07, 6.45) is 4.48. The van der Waals surface area contributed by atoms with Gasteiger partial charge < -0.3 is 9.72 Å². The van der Waals surface area contributed by atoms with Crippen LogP contribution in [-0.2, 0) is 11.3 Å². The highest BCUT2D eigenvalue weighted by Crippen LogP contribution is 2.27. The first-order valence-corrected chi connectivity index (χ1v) is 9.42. The molecule has 28 heavy (non-hydrogen) atoms. The van der Waals surface area contributed by atoms with Crippen LogP contribution in [0.2, 0.25) is 0 Å². The number of ether oxygens (including phenoxy) is 1. The molecule has 0 radical (unpaired) electrons. The minimum Gasteiger partial charge on any atom is -0.445 e. The predicted octanol–water partition coefficient (Wildman–Crippen LogP) is 4.79. The second-order valence-corrected chi connectivity index (χ2v) is 6.97. The maximum Gasteiger partial charge on any atom is 0.410 e. The molecule has 1 atom stereocenters. The number of ketones is 1. The fraction of sp³-hybridized carbons (Fsp3) is 0.217. The molecule has 0 unspecified atom stereocenters. The van der Waals surface area contributed by atoms with Crippen molar-refractivity contribution in [3.8, 4) is 0 Å². The monoisotopic (exact) mass is 374 g/mol. The lowest BCUT2D eigenvalue weighted by atomic mass is 10.0. The predicted molar refractivity (Wildman–Crippen MR) is 109 cm³/mol. The Morgan fingerprint density at radius 3 is 2.82 bits per heavy atom. The van der Waals surface area contributed by atoms with Crippen LogP contribution in [0.5, 0.6) is 0 Å². The average molecular weight is 374 g/mol. The quantitative estimate of drug-likeness (QED) is 0.653. The smallest absolute Gasteiger partial charge is 0.410 e. The van der Waals surface area contributed by atoms with E-state index in [0.717, 1.165) is 28.5 Å². The normalized spacial score (nSPS) is 16.3. The van der Waals surface area contributed by atoms with Crippen molar-refractivity contribution in [2.45, 2.75) is 25.5 Å². The van der Waals surface area contributed by atoms with E-state index in [-0.39, 0.29) is 12.4 Å². The van der Waals surface area contributed by atoms with Gasteiger partial charge in [0.25, 0.3) is 0 Å². The number of rotatable bonds is 5. The number of carbonyl (C=O) groups excluding carboxylic acids is 2. The Bertz CT molecular complexity index is 1020. The number of nitrogens with one attached hydrogen (secondary N) is 1. The van der Waals surface area contributed by atoms with Crippen molar-refractivity contribution in [3.05, 3.63) is 78.0 Å². The van der Waals surface area contributed by atoms with Crippen LogP contribution < -0.4 is 0 Å². The van der Waals surface area contributed by atoms with Crippen molar-refractivity contribution in [1.29, 1.82) is 0 Å². The molecule has 2 aromatic carbocycles. The van der Waals surface area contributed by atoms with Gasteiger partial charge in [0.15, 0.2) is 5.78 Å². The van der Waals surface area contributed by atoms with Crippen LogP contribution >= 0.6 is 0 Å². The summed E-state index contributed by atoms with van der Waals surface area (Å²) in [4.78, 5) is 30.5. The van der Waals surface area contributed by atoms with Crippen molar-refractivity contribution in [2.75, 3.05) is 6.54 Å². The van der Waals surface area contributed by atoms with Gasteiger partial charge in [-0.15, -0.1) is 0 Å². The van der Waals surface area contributed by atoms with Crippen molar-refractivity contribution >= 4 is 28.9 Å². The zero-order valence-corrected chi connectivity index (χ0v) is 15.6. The molecule has 0 saturated carbocycles. The van der Waals surface area contributed by atoms with Crippen molar-refractivity contribution < 1.29 is 14.3 Å². The number of nitrogens with zero attached hydrogens (tertiary/aromatic N) is 1. The van der Waals surface area contributed by atoms with E-state index in [9.17, 15) is 9.59 Å². The molecule has 1 saturated heterocycles. The van der Waals surface area contributed by atoms with Crippen LogP contribution in [0, 0.1) is 0 Å².